The predicted molar refractivity (Wildman–Crippen MR) is 90.0 cm³/mol. The second kappa shape index (κ2) is 6.01. The van der Waals surface area contributed by atoms with Crippen molar-refractivity contribution in [2.45, 2.75) is 0 Å². The van der Waals surface area contributed by atoms with Gasteiger partial charge in [-0.15, -0.1) is 0 Å². The Hall–Kier alpha value is -2.40. The number of rotatable bonds is 4. The van der Waals surface area contributed by atoms with Gasteiger partial charge in [0.2, 0.25) is 0 Å². The van der Waals surface area contributed by atoms with Crippen LogP contribution in [-0.4, -0.2) is 34.6 Å². The fourth-order valence-corrected chi connectivity index (χ4v) is 2.80. The van der Waals surface area contributed by atoms with Crippen LogP contribution in [0.3, 0.4) is 0 Å². The molecule has 6 heteroatoms. The van der Waals surface area contributed by atoms with E-state index in [0.717, 1.165) is 35.7 Å². The zero-order valence-corrected chi connectivity index (χ0v) is 13.1. The first-order valence-electron chi connectivity index (χ1n) is 7.48. The van der Waals surface area contributed by atoms with Crippen LogP contribution in [0.25, 0.3) is 11.0 Å². The Balaban J connectivity index is 1.37. The minimum Gasteiger partial charge on any atom is -0.492 e. The molecule has 0 aliphatic carbocycles. The fraction of sp³-hybridized carbons (Fsp3) is 0.235. The molecule has 3 aromatic rings. The van der Waals surface area contributed by atoms with Crippen molar-refractivity contribution in [1.82, 2.24) is 15.0 Å². The zero-order chi connectivity index (χ0) is 15.6. The number of nitrogens with zero attached hydrogens (tertiary/aromatic N) is 4. The Morgan fingerprint density at radius 2 is 2.09 bits per heavy atom. The van der Waals surface area contributed by atoms with Crippen LogP contribution in [0.15, 0.2) is 48.9 Å². The van der Waals surface area contributed by atoms with Crippen LogP contribution in [0.5, 0.6) is 5.75 Å². The molecule has 0 atom stereocenters. The lowest BCUT2D eigenvalue weighted by molar-refractivity contribution is 0.219. The van der Waals surface area contributed by atoms with Crippen molar-refractivity contribution in [1.29, 1.82) is 0 Å². The molecular weight excluding hydrogens is 312 g/mol. The van der Waals surface area contributed by atoms with Crippen LogP contribution in [0.2, 0.25) is 5.02 Å². The summed E-state index contributed by atoms with van der Waals surface area (Å²) >= 11 is 5.97. The number of benzene rings is 1. The van der Waals surface area contributed by atoms with Crippen molar-refractivity contribution >= 4 is 28.5 Å². The lowest BCUT2D eigenvalue weighted by atomic mass is 10.0. The molecule has 1 saturated heterocycles. The number of halogens is 1. The van der Waals surface area contributed by atoms with E-state index < -0.39 is 0 Å². The minimum atomic E-state index is 0.498. The second-order valence-corrected chi connectivity index (χ2v) is 6.07. The van der Waals surface area contributed by atoms with Crippen LogP contribution in [0.1, 0.15) is 0 Å². The number of aromatic nitrogens is 3. The molecule has 0 unspecified atom stereocenters. The Kier molecular flexibility index (Phi) is 3.71. The van der Waals surface area contributed by atoms with Gasteiger partial charge in [0.1, 0.15) is 11.6 Å². The van der Waals surface area contributed by atoms with E-state index in [4.69, 9.17) is 16.3 Å². The summed E-state index contributed by atoms with van der Waals surface area (Å²) in [7, 11) is 0. The van der Waals surface area contributed by atoms with Gasteiger partial charge in [0.15, 0.2) is 0 Å². The normalized spacial score (nSPS) is 14.7. The summed E-state index contributed by atoms with van der Waals surface area (Å²) < 4.78 is 5.74. The maximum atomic E-state index is 5.97. The standard InChI is InChI=1S/C17H15ClN4O/c18-13-3-4-15-16(6-13)20-8-17(21-15)22-9-12(10-22)11-23-14-2-1-5-19-7-14/h1-8,12H,9-11H2. The molecule has 5 nitrogen and oxygen atoms in total. The molecule has 1 aliphatic heterocycles. The van der Waals surface area contributed by atoms with Crippen molar-refractivity contribution in [3.05, 3.63) is 53.9 Å². The Morgan fingerprint density at radius 1 is 1.17 bits per heavy atom. The van der Waals surface area contributed by atoms with Crippen LogP contribution >= 0.6 is 11.6 Å². The second-order valence-electron chi connectivity index (χ2n) is 5.63. The van der Waals surface area contributed by atoms with Crippen LogP contribution in [0, 0.1) is 5.92 Å². The first kappa shape index (κ1) is 14.2. The Bertz CT molecular complexity index is 821. The maximum absolute atomic E-state index is 5.97. The molecular formula is C17H15ClN4O. The highest BCUT2D eigenvalue weighted by atomic mass is 35.5. The number of hydrogen-bond acceptors (Lipinski definition) is 5. The van der Waals surface area contributed by atoms with Gasteiger partial charge in [0.25, 0.3) is 0 Å². The number of ether oxygens (including phenoxy) is 1. The molecule has 0 amide bonds. The van der Waals surface area contributed by atoms with Crippen molar-refractivity contribution < 1.29 is 4.74 Å². The summed E-state index contributed by atoms with van der Waals surface area (Å²) in [6.45, 7) is 2.54. The minimum absolute atomic E-state index is 0.498. The topological polar surface area (TPSA) is 51.1 Å². The van der Waals surface area contributed by atoms with Gasteiger partial charge in [0, 0.05) is 30.2 Å². The molecule has 116 valence electrons. The monoisotopic (exact) mass is 326 g/mol. The van der Waals surface area contributed by atoms with E-state index in [0.29, 0.717) is 17.5 Å². The van der Waals surface area contributed by atoms with E-state index in [1.54, 1.807) is 18.6 Å². The summed E-state index contributed by atoms with van der Waals surface area (Å²) in [4.78, 5) is 15.3. The lowest BCUT2D eigenvalue weighted by Gasteiger charge is -2.39. The lowest BCUT2D eigenvalue weighted by Crippen LogP contribution is -2.49. The highest BCUT2D eigenvalue weighted by molar-refractivity contribution is 6.31. The van der Waals surface area contributed by atoms with Crippen LogP contribution < -0.4 is 9.64 Å². The highest BCUT2D eigenvalue weighted by Crippen LogP contribution is 2.25. The molecule has 0 spiro atoms. The molecule has 2 aromatic heterocycles. The van der Waals surface area contributed by atoms with E-state index in [2.05, 4.69) is 19.9 Å². The van der Waals surface area contributed by atoms with Gasteiger partial charge in [-0.2, -0.15) is 0 Å². The highest BCUT2D eigenvalue weighted by Gasteiger charge is 2.28. The van der Waals surface area contributed by atoms with Gasteiger partial charge >= 0.3 is 0 Å². The average molecular weight is 327 g/mol. The number of anilines is 1. The van der Waals surface area contributed by atoms with Gasteiger partial charge in [-0.1, -0.05) is 11.6 Å². The quantitative estimate of drug-likeness (QED) is 0.737. The third kappa shape index (κ3) is 3.05. The maximum Gasteiger partial charge on any atom is 0.147 e. The van der Waals surface area contributed by atoms with E-state index in [-0.39, 0.29) is 0 Å². The van der Waals surface area contributed by atoms with Crippen molar-refractivity contribution in [2.24, 2.45) is 5.92 Å². The number of pyridine rings is 1. The predicted octanol–water partition coefficient (Wildman–Crippen LogP) is 3.19. The largest absolute Gasteiger partial charge is 0.492 e. The Labute approximate surface area is 138 Å². The van der Waals surface area contributed by atoms with Crippen molar-refractivity contribution in [2.75, 3.05) is 24.6 Å². The average Bonchev–Trinajstić information content (AvgIpc) is 2.54. The molecule has 3 heterocycles. The first-order chi connectivity index (χ1) is 11.3. The smallest absolute Gasteiger partial charge is 0.147 e. The summed E-state index contributed by atoms with van der Waals surface area (Å²) in [5.41, 5.74) is 1.68. The number of fused-ring (bicyclic) bond motifs is 1. The first-order valence-corrected chi connectivity index (χ1v) is 7.86. The van der Waals surface area contributed by atoms with Gasteiger partial charge in [-0.25, -0.2) is 4.98 Å². The van der Waals surface area contributed by atoms with Crippen LogP contribution in [-0.2, 0) is 0 Å². The van der Waals surface area contributed by atoms with Gasteiger partial charge in [-0.05, 0) is 30.3 Å². The molecule has 4 rings (SSSR count). The molecule has 1 aromatic carbocycles. The summed E-state index contributed by atoms with van der Waals surface area (Å²) in [6.07, 6.45) is 5.27. The van der Waals surface area contributed by atoms with Gasteiger partial charge < -0.3 is 9.64 Å². The third-order valence-electron chi connectivity index (χ3n) is 3.89. The van der Waals surface area contributed by atoms with E-state index in [1.165, 1.54) is 0 Å². The molecule has 0 bridgehead atoms. The van der Waals surface area contributed by atoms with Gasteiger partial charge in [-0.3, -0.25) is 9.97 Å². The molecule has 0 radical (unpaired) electrons. The summed E-state index contributed by atoms with van der Waals surface area (Å²) in [5.74, 6) is 2.21. The Morgan fingerprint density at radius 3 is 2.91 bits per heavy atom. The SMILES string of the molecule is Clc1ccc2nc(N3CC(COc4cccnc4)C3)cnc2c1. The summed E-state index contributed by atoms with van der Waals surface area (Å²) in [5, 5.41) is 0.677. The zero-order valence-electron chi connectivity index (χ0n) is 12.4. The fourth-order valence-electron chi connectivity index (χ4n) is 2.64. The van der Waals surface area contributed by atoms with E-state index in [9.17, 15) is 0 Å². The van der Waals surface area contributed by atoms with Crippen LogP contribution in [0.4, 0.5) is 5.82 Å². The van der Waals surface area contributed by atoms with Crippen molar-refractivity contribution in [3.63, 3.8) is 0 Å². The third-order valence-corrected chi connectivity index (χ3v) is 4.13. The molecule has 23 heavy (non-hydrogen) atoms. The van der Waals surface area contributed by atoms with E-state index in [1.807, 2.05) is 30.3 Å². The number of hydrogen-bond donors (Lipinski definition) is 0. The molecule has 1 aliphatic rings. The van der Waals surface area contributed by atoms with E-state index >= 15 is 0 Å². The summed E-state index contributed by atoms with van der Waals surface area (Å²) in [6, 6.07) is 9.36. The molecule has 1 fully saturated rings. The molecule has 0 saturated carbocycles. The molecule has 0 N–H and O–H groups in total. The van der Waals surface area contributed by atoms with Gasteiger partial charge in [0.05, 0.1) is 30.0 Å². The van der Waals surface area contributed by atoms with Crippen molar-refractivity contribution in [3.8, 4) is 5.75 Å².